The third-order valence-electron chi connectivity index (χ3n) is 4.31. The van der Waals surface area contributed by atoms with Crippen molar-refractivity contribution in [1.82, 2.24) is 0 Å². The molecule has 0 rings (SSSR count). The fourth-order valence-electron chi connectivity index (χ4n) is 2.72. The maximum absolute atomic E-state index is 2.44. The zero-order valence-electron chi connectivity index (χ0n) is 15.8. The molecule has 0 bridgehead atoms. The van der Waals surface area contributed by atoms with Crippen molar-refractivity contribution in [2.75, 3.05) is 30.6 Å². The van der Waals surface area contributed by atoms with E-state index in [1.807, 2.05) is 0 Å². The SMILES string of the molecule is CCP(CCCCC(C)C)CP(CC)CCCCC(C)C. The summed E-state index contributed by atoms with van der Waals surface area (Å²) in [7, 11) is 0.722. The van der Waals surface area contributed by atoms with Crippen LogP contribution in [0.5, 0.6) is 0 Å². The van der Waals surface area contributed by atoms with Crippen molar-refractivity contribution < 1.29 is 0 Å². The smallest absolute Gasteiger partial charge is 0.0121 e. The van der Waals surface area contributed by atoms with Crippen LogP contribution in [0.2, 0.25) is 0 Å². The van der Waals surface area contributed by atoms with E-state index < -0.39 is 0 Å². The Labute approximate surface area is 138 Å². The minimum absolute atomic E-state index is 0.361. The van der Waals surface area contributed by atoms with Crippen molar-refractivity contribution in [1.29, 1.82) is 0 Å². The summed E-state index contributed by atoms with van der Waals surface area (Å²) in [6, 6.07) is 0. The van der Waals surface area contributed by atoms with Gasteiger partial charge in [-0.15, -0.1) is 15.8 Å². The molecule has 2 heteroatoms. The summed E-state index contributed by atoms with van der Waals surface area (Å²) < 4.78 is 0. The number of hydrogen-bond acceptors (Lipinski definition) is 0. The summed E-state index contributed by atoms with van der Waals surface area (Å²) in [4.78, 5) is 0. The molecule has 21 heavy (non-hydrogen) atoms. The van der Waals surface area contributed by atoms with Crippen LogP contribution in [0, 0.1) is 11.8 Å². The molecule has 0 N–H and O–H groups in total. The van der Waals surface area contributed by atoms with Gasteiger partial charge in [0.05, 0.1) is 0 Å². The lowest BCUT2D eigenvalue weighted by Crippen LogP contribution is -1.98. The van der Waals surface area contributed by atoms with Crippen LogP contribution < -0.4 is 0 Å². The lowest BCUT2D eigenvalue weighted by atomic mass is 10.1. The van der Waals surface area contributed by atoms with E-state index in [1.165, 1.54) is 50.8 Å². The second-order valence-electron chi connectivity index (χ2n) is 7.34. The van der Waals surface area contributed by atoms with Gasteiger partial charge in [0.2, 0.25) is 0 Å². The normalized spacial score (nSPS) is 14.9. The molecule has 0 fully saturated rings. The van der Waals surface area contributed by atoms with Crippen molar-refractivity contribution in [3.05, 3.63) is 0 Å². The zero-order chi connectivity index (χ0) is 16.1. The highest BCUT2D eigenvalue weighted by molar-refractivity contribution is 7.74. The van der Waals surface area contributed by atoms with Gasteiger partial charge in [-0.3, -0.25) is 0 Å². The van der Waals surface area contributed by atoms with Crippen molar-refractivity contribution in [3.8, 4) is 0 Å². The Morgan fingerprint density at radius 2 is 1.00 bits per heavy atom. The van der Waals surface area contributed by atoms with Crippen LogP contribution in [0.15, 0.2) is 0 Å². The van der Waals surface area contributed by atoms with Crippen molar-refractivity contribution in [2.45, 2.75) is 80.1 Å². The standard InChI is InChI=1S/C19H42P2/c1-7-20(15-11-9-13-18(3)4)17-21(8-2)16-12-10-14-19(5)6/h18-19H,7-17H2,1-6H3. The Morgan fingerprint density at radius 1 is 0.619 bits per heavy atom. The molecule has 0 amide bonds. The first-order valence-corrected chi connectivity index (χ1v) is 13.2. The van der Waals surface area contributed by atoms with E-state index in [0.29, 0.717) is 15.8 Å². The minimum atomic E-state index is 0.361. The predicted octanol–water partition coefficient (Wildman–Crippen LogP) is 7.60. The molecule has 0 aromatic carbocycles. The van der Waals surface area contributed by atoms with E-state index in [0.717, 1.165) is 11.8 Å². The molecule has 0 aliphatic carbocycles. The van der Waals surface area contributed by atoms with E-state index >= 15 is 0 Å². The van der Waals surface area contributed by atoms with Crippen LogP contribution >= 0.6 is 15.8 Å². The van der Waals surface area contributed by atoms with E-state index in [9.17, 15) is 0 Å². The Hall–Kier alpha value is 0.860. The zero-order valence-corrected chi connectivity index (χ0v) is 17.6. The van der Waals surface area contributed by atoms with E-state index in [2.05, 4.69) is 41.5 Å². The highest BCUT2D eigenvalue weighted by atomic mass is 31.2. The number of unbranched alkanes of at least 4 members (excludes halogenated alkanes) is 2. The molecule has 2 atom stereocenters. The first-order valence-electron chi connectivity index (χ1n) is 9.44. The second-order valence-corrected chi connectivity index (χ2v) is 13.3. The van der Waals surface area contributed by atoms with Crippen LogP contribution in [-0.2, 0) is 0 Å². The molecule has 0 saturated heterocycles. The van der Waals surface area contributed by atoms with Crippen LogP contribution in [-0.4, -0.2) is 30.6 Å². The summed E-state index contributed by atoms with van der Waals surface area (Å²) in [5.41, 5.74) is 0. The lowest BCUT2D eigenvalue weighted by Gasteiger charge is -2.23. The van der Waals surface area contributed by atoms with Crippen molar-refractivity contribution >= 4 is 15.8 Å². The fourth-order valence-corrected chi connectivity index (χ4v) is 9.68. The molecule has 2 unspecified atom stereocenters. The summed E-state index contributed by atoms with van der Waals surface area (Å²) in [6.07, 6.45) is 14.9. The van der Waals surface area contributed by atoms with Gasteiger partial charge >= 0.3 is 0 Å². The number of hydrogen-bond donors (Lipinski definition) is 0. The van der Waals surface area contributed by atoms with Gasteiger partial charge in [-0.1, -0.05) is 67.2 Å². The van der Waals surface area contributed by atoms with Gasteiger partial charge in [0.25, 0.3) is 0 Å². The van der Waals surface area contributed by atoms with Crippen LogP contribution in [0.3, 0.4) is 0 Å². The first-order chi connectivity index (χ1) is 9.99. The first kappa shape index (κ1) is 21.9. The van der Waals surface area contributed by atoms with Gasteiger partial charge in [-0.25, -0.2) is 0 Å². The molecule has 0 aromatic rings. The fraction of sp³-hybridized carbons (Fsp3) is 1.00. The Balaban J connectivity index is 3.83. The van der Waals surface area contributed by atoms with Crippen LogP contribution in [0.1, 0.15) is 80.1 Å². The maximum atomic E-state index is 2.44. The van der Waals surface area contributed by atoms with E-state index in [1.54, 1.807) is 18.2 Å². The van der Waals surface area contributed by atoms with Gasteiger partial charge in [-0.2, -0.15) is 0 Å². The van der Waals surface area contributed by atoms with Crippen LogP contribution in [0.4, 0.5) is 0 Å². The van der Waals surface area contributed by atoms with E-state index in [4.69, 9.17) is 0 Å². The largest absolute Gasteiger partial charge is 0.103 e. The monoisotopic (exact) mass is 332 g/mol. The molecule has 0 heterocycles. The maximum Gasteiger partial charge on any atom is -0.0121 e. The molecule has 0 spiro atoms. The Kier molecular flexibility index (Phi) is 15.0. The predicted molar refractivity (Wildman–Crippen MR) is 107 cm³/mol. The molecular weight excluding hydrogens is 290 g/mol. The molecule has 0 aliphatic rings. The van der Waals surface area contributed by atoms with Gasteiger partial charge < -0.3 is 0 Å². The van der Waals surface area contributed by atoms with Gasteiger partial charge in [-0.05, 0) is 55.2 Å². The Bertz CT molecular complexity index is 192. The minimum Gasteiger partial charge on any atom is -0.103 e. The molecule has 0 nitrogen and oxygen atoms in total. The summed E-state index contributed by atoms with van der Waals surface area (Å²) >= 11 is 0. The van der Waals surface area contributed by atoms with Gasteiger partial charge in [0.15, 0.2) is 0 Å². The molecule has 128 valence electrons. The summed E-state index contributed by atoms with van der Waals surface area (Å²) in [5, 5.41) is 0. The van der Waals surface area contributed by atoms with Crippen LogP contribution in [0.25, 0.3) is 0 Å². The third kappa shape index (κ3) is 14.2. The average Bonchev–Trinajstić information content (AvgIpc) is 2.44. The third-order valence-corrected chi connectivity index (χ3v) is 11.2. The highest BCUT2D eigenvalue weighted by Gasteiger charge is 2.12. The second kappa shape index (κ2) is 14.5. The number of rotatable bonds is 14. The Morgan fingerprint density at radius 3 is 1.29 bits per heavy atom. The van der Waals surface area contributed by atoms with Crippen molar-refractivity contribution in [2.24, 2.45) is 11.8 Å². The summed E-state index contributed by atoms with van der Waals surface area (Å²) in [5.74, 6) is 3.42. The topological polar surface area (TPSA) is 0 Å². The van der Waals surface area contributed by atoms with E-state index in [-0.39, 0.29) is 0 Å². The molecule has 0 radical (unpaired) electrons. The summed E-state index contributed by atoms with van der Waals surface area (Å²) in [6.45, 7) is 14.3. The molecule has 0 saturated carbocycles. The molecule has 0 aliphatic heterocycles. The van der Waals surface area contributed by atoms with Crippen molar-refractivity contribution in [3.63, 3.8) is 0 Å². The molecule has 0 aromatic heterocycles. The quantitative estimate of drug-likeness (QED) is 0.227. The highest BCUT2D eigenvalue weighted by Crippen LogP contribution is 2.51. The average molecular weight is 332 g/mol. The molecular formula is C19H42P2. The lowest BCUT2D eigenvalue weighted by molar-refractivity contribution is 0.551. The van der Waals surface area contributed by atoms with Gasteiger partial charge in [0.1, 0.15) is 0 Å². The van der Waals surface area contributed by atoms with Gasteiger partial charge in [0, 0.05) is 0 Å².